The Bertz CT molecular complexity index is 964. The van der Waals surface area contributed by atoms with E-state index < -0.39 is 17.8 Å². The lowest BCUT2D eigenvalue weighted by atomic mass is 9.88. The van der Waals surface area contributed by atoms with Gasteiger partial charge in [-0.25, -0.2) is 14.4 Å². The molecule has 29 heavy (non-hydrogen) atoms. The SMILES string of the molecule is Fc1cccc(-c2cnc(C(F)(F)F)nc2C2CCN(Cc3ccoc3)CC2)c1. The van der Waals surface area contributed by atoms with Gasteiger partial charge < -0.3 is 4.42 Å². The summed E-state index contributed by atoms with van der Waals surface area (Å²) in [5.74, 6) is -1.77. The molecule has 8 heteroatoms. The summed E-state index contributed by atoms with van der Waals surface area (Å²) in [6.07, 6.45) is 1.17. The van der Waals surface area contributed by atoms with Gasteiger partial charge in [0, 0.05) is 29.8 Å². The molecule has 1 aromatic carbocycles. The fraction of sp³-hybridized carbons (Fsp3) is 0.333. The van der Waals surface area contributed by atoms with E-state index in [4.69, 9.17) is 4.42 Å². The molecule has 0 radical (unpaired) electrons. The molecule has 0 unspecified atom stereocenters. The van der Waals surface area contributed by atoms with Crippen molar-refractivity contribution < 1.29 is 22.0 Å². The van der Waals surface area contributed by atoms with Crippen LogP contribution in [-0.4, -0.2) is 28.0 Å². The fourth-order valence-corrected chi connectivity index (χ4v) is 3.73. The van der Waals surface area contributed by atoms with Crippen LogP contribution in [-0.2, 0) is 12.7 Å². The standard InChI is InChI=1S/C21H19F4N3O/c22-17-3-1-2-16(10-17)18-11-26-20(21(23,24)25)27-19(18)15-4-7-28(8-5-15)12-14-6-9-29-13-14/h1-3,6,9-11,13,15H,4-5,7-8,12H2. The smallest absolute Gasteiger partial charge is 0.451 e. The summed E-state index contributed by atoms with van der Waals surface area (Å²) in [4.78, 5) is 9.61. The van der Waals surface area contributed by atoms with Crippen molar-refractivity contribution in [2.75, 3.05) is 13.1 Å². The molecule has 1 saturated heterocycles. The summed E-state index contributed by atoms with van der Waals surface area (Å²) in [5.41, 5.74) is 2.33. The molecule has 3 aromatic rings. The van der Waals surface area contributed by atoms with E-state index in [0.717, 1.165) is 31.4 Å². The van der Waals surface area contributed by atoms with Crippen LogP contribution in [0.25, 0.3) is 11.1 Å². The zero-order chi connectivity index (χ0) is 20.4. The number of furan rings is 1. The summed E-state index contributed by atoms with van der Waals surface area (Å²) in [7, 11) is 0. The largest absolute Gasteiger partial charge is 0.472 e. The maximum atomic E-state index is 13.7. The van der Waals surface area contributed by atoms with Crippen molar-refractivity contribution in [3.63, 3.8) is 0 Å². The van der Waals surface area contributed by atoms with Crippen LogP contribution in [0.5, 0.6) is 0 Å². The van der Waals surface area contributed by atoms with E-state index in [-0.39, 0.29) is 5.92 Å². The van der Waals surface area contributed by atoms with E-state index in [1.807, 2.05) is 6.07 Å². The minimum absolute atomic E-state index is 0.155. The minimum atomic E-state index is -4.63. The van der Waals surface area contributed by atoms with Crippen LogP contribution in [0.15, 0.2) is 53.5 Å². The third-order valence-electron chi connectivity index (χ3n) is 5.17. The Hall–Kier alpha value is -2.74. The van der Waals surface area contributed by atoms with Gasteiger partial charge in [0.1, 0.15) is 5.82 Å². The second-order valence-corrected chi connectivity index (χ2v) is 7.18. The molecule has 2 aromatic heterocycles. The monoisotopic (exact) mass is 405 g/mol. The van der Waals surface area contributed by atoms with E-state index >= 15 is 0 Å². The second-order valence-electron chi connectivity index (χ2n) is 7.18. The number of rotatable bonds is 4. The molecule has 0 amide bonds. The first-order chi connectivity index (χ1) is 13.9. The van der Waals surface area contributed by atoms with Gasteiger partial charge in [0.2, 0.25) is 5.82 Å². The highest BCUT2D eigenvalue weighted by atomic mass is 19.4. The quantitative estimate of drug-likeness (QED) is 0.555. The van der Waals surface area contributed by atoms with Crippen molar-refractivity contribution in [1.82, 2.24) is 14.9 Å². The number of alkyl halides is 3. The molecule has 1 aliphatic rings. The van der Waals surface area contributed by atoms with Crippen LogP contribution in [0.3, 0.4) is 0 Å². The average Bonchev–Trinajstić information content (AvgIpc) is 3.20. The van der Waals surface area contributed by atoms with Crippen molar-refractivity contribution in [2.24, 2.45) is 0 Å². The molecule has 0 N–H and O–H groups in total. The molecule has 0 bridgehead atoms. The molecule has 1 fully saturated rings. The average molecular weight is 405 g/mol. The molecule has 0 aliphatic carbocycles. The molecular formula is C21H19F4N3O. The summed E-state index contributed by atoms with van der Waals surface area (Å²) in [5, 5.41) is 0. The van der Waals surface area contributed by atoms with Crippen LogP contribution in [0.2, 0.25) is 0 Å². The van der Waals surface area contributed by atoms with Gasteiger partial charge in [-0.05, 0) is 49.7 Å². The number of aromatic nitrogens is 2. The van der Waals surface area contributed by atoms with Gasteiger partial charge in [-0.1, -0.05) is 12.1 Å². The maximum Gasteiger partial charge on any atom is 0.451 e. The molecule has 0 saturated carbocycles. The molecular weight excluding hydrogens is 386 g/mol. The summed E-state index contributed by atoms with van der Waals surface area (Å²) < 4.78 is 58.4. The first-order valence-corrected chi connectivity index (χ1v) is 9.33. The first kappa shape index (κ1) is 19.6. The van der Waals surface area contributed by atoms with Gasteiger partial charge in [-0.2, -0.15) is 13.2 Å². The van der Waals surface area contributed by atoms with Crippen LogP contribution in [0, 0.1) is 5.82 Å². The lowest BCUT2D eigenvalue weighted by Crippen LogP contribution is -2.33. The zero-order valence-electron chi connectivity index (χ0n) is 15.5. The van der Waals surface area contributed by atoms with E-state index in [1.165, 1.54) is 18.2 Å². The van der Waals surface area contributed by atoms with Crippen molar-refractivity contribution in [3.05, 3.63) is 72.0 Å². The summed E-state index contributed by atoms with van der Waals surface area (Å²) in [6.45, 7) is 2.19. The van der Waals surface area contributed by atoms with Crippen molar-refractivity contribution in [3.8, 4) is 11.1 Å². The molecule has 0 spiro atoms. The Morgan fingerprint density at radius 2 is 1.93 bits per heavy atom. The number of nitrogens with zero attached hydrogens (tertiary/aromatic N) is 3. The predicted molar refractivity (Wildman–Crippen MR) is 98.4 cm³/mol. The number of hydrogen-bond acceptors (Lipinski definition) is 4. The number of likely N-dealkylation sites (tertiary alicyclic amines) is 1. The van der Waals surface area contributed by atoms with Crippen LogP contribution in [0.1, 0.15) is 35.8 Å². The molecule has 4 rings (SSSR count). The van der Waals surface area contributed by atoms with E-state index in [9.17, 15) is 17.6 Å². The zero-order valence-corrected chi connectivity index (χ0v) is 15.5. The van der Waals surface area contributed by atoms with E-state index in [0.29, 0.717) is 29.7 Å². The Morgan fingerprint density at radius 3 is 2.59 bits per heavy atom. The Balaban J connectivity index is 1.61. The lowest BCUT2D eigenvalue weighted by Gasteiger charge is -2.32. The Kier molecular flexibility index (Phi) is 5.36. The highest BCUT2D eigenvalue weighted by molar-refractivity contribution is 5.65. The highest BCUT2D eigenvalue weighted by Crippen LogP contribution is 2.36. The predicted octanol–water partition coefficient (Wildman–Crippen LogP) is 5.27. The van der Waals surface area contributed by atoms with Crippen molar-refractivity contribution in [1.29, 1.82) is 0 Å². The van der Waals surface area contributed by atoms with E-state index in [1.54, 1.807) is 18.6 Å². The molecule has 0 atom stereocenters. The maximum absolute atomic E-state index is 13.7. The number of piperidine rings is 1. The van der Waals surface area contributed by atoms with Crippen LogP contribution < -0.4 is 0 Å². The Labute approximate surface area is 165 Å². The van der Waals surface area contributed by atoms with E-state index in [2.05, 4.69) is 14.9 Å². The molecule has 3 heterocycles. The summed E-state index contributed by atoms with van der Waals surface area (Å²) >= 11 is 0. The third-order valence-corrected chi connectivity index (χ3v) is 5.17. The fourth-order valence-electron chi connectivity index (χ4n) is 3.73. The van der Waals surface area contributed by atoms with Gasteiger partial charge in [-0.15, -0.1) is 0 Å². The van der Waals surface area contributed by atoms with Gasteiger partial charge >= 0.3 is 6.18 Å². The van der Waals surface area contributed by atoms with Crippen LogP contribution in [0.4, 0.5) is 17.6 Å². The first-order valence-electron chi connectivity index (χ1n) is 9.33. The number of hydrogen-bond donors (Lipinski definition) is 0. The van der Waals surface area contributed by atoms with Gasteiger partial charge in [0.05, 0.1) is 18.2 Å². The molecule has 152 valence electrons. The second kappa shape index (κ2) is 7.94. The molecule has 4 nitrogen and oxygen atoms in total. The number of benzene rings is 1. The molecule has 1 aliphatic heterocycles. The van der Waals surface area contributed by atoms with Crippen molar-refractivity contribution in [2.45, 2.75) is 31.5 Å². The minimum Gasteiger partial charge on any atom is -0.472 e. The highest BCUT2D eigenvalue weighted by Gasteiger charge is 2.36. The van der Waals surface area contributed by atoms with Crippen molar-refractivity contribution >= 4 is 0 Å². The van der Waals surface area contributed by atoms with Gasteiger partial charge in [0.25, 0.3) is 0 Å². The Morgan fingerprint density at radius 1 is 1.14 bits per heavy atom. The normalized spacial score (nSPS) is 16.3. The topological polar surface area (TPSA) is 42.2 Å². The number of halogens is 4. The third kappa shape index (κ3) is 4.48. The van der Waals surface area contributed by atoms with Crippen LogP contribution >= 0.6 is 0 Å². The summed E-state index contributed by atoms with van der Waals surface area (Å²) in [6, 6.07) is 7.67. The van der Waals surface area contributed by atoms with Gasteiger partial charge in [-0.3, -0.25) is 4.90 Å². The lowest BCUT2D eigenvalue weighted by molar-refractivity contribution is -0.145. The van der Waals surface area contributed by atoms with Gasteiger partial charge in [0.15, 0.2) is 0 Å².